The van der Waals surface area contributed by atoms with Gasteiger partial charge in [0.2, 0.25) is 5.82 Å². The summed E-state index contributed by atoms with van der Waals surface area (Å²) in [5.41, 5.74) is 1.49. The summed E-state index contributed by atoms with van der Waals surface area (Å²) in [5.74, 6) is -0.114. The number of hydrogen-bond donors (Lipinski definition) is 2. The van der Waals surface area contributed by atoms with E-state index in [1.165, 1.54) is 0 Å². The quantitative estimate of drug-likeness (QED) is 0.752. The number of carbonyl (C=O) groups excluding carboxylic acids is 2. The highest BCUT2D eigenvalue weighted by atomic mass is 16.2. The molecule has 2 N–H and O–H groups in total. The Morgan fingerprint density at radius 3 is 2.48 bits per heavy atom. The number of benzene rings is 1. The molecule has 0 aliphatic carbocycles. The maximum absolute atomic E-state index is 12.6. The molecule has 25 heavy (non-hydrogen) atoms. The first-order valence-corrected chi connectivity index (χ1v) is 8.18. The molecule has 6 nitrogen and oxygen atoms in total. The first-order chi connectivity index (χ1) is 12.1. The number of nitrogens with zero attached hydrogens (tertiary/aromatic N) is 2. The monoisotopic (exact) mass is 336 g/mol. The SMILES string of the molecule is CC(C)CNC(=O)c1nc(C(=O)Nc2ccccc2)c2ccccn12. The van der Waals surface area contributed by atoms with Gasteiger partial charge < -0.3 is 10.6 Å². The number of hydrogen-bond acceptors (Lipinski definition) is 3. The van der Waals surface area contributed by atoms with Crippen molar-refractivity contribution in [1.29, 1.82) is 0 Å². The van der Waals surface area contributed by atoms with E-state index in [4.69, 9.17) is 0 Å². The highest BCUT2D eigenvalue weighted by Crippen LogP contribution is 2.16. The number of anilines is 1. The third-order valence-corrected chi connectivity index (χ3v) is 3.67. The molecule has 0 aliphatic rings. The van der Waals surface area contributed by atoms with Gasteiger partial charge in [0.05, 0.1) is 5.52 Å². The van der Waals surface area contributed by atoms with E-state index in [2.05, 4.69) is 15.6 Å². The number of imidazole rings is 1. The van der Waals surface area contributed by atoms with Gasteiger partial charge in [-0.25, -0.2) is 4.98 Å². The Morgan fingerprint density at radius 2 is 1.76 bits per heavy atom. The van der Waals surface area contributed by atoms with Gasteiger partial charge in [0, 0.05) is 18.4 Å². The van der Waals surface area contributed by atoms with Gasteiger partial charge in [0.1, 0.15) is 0 Å². The second-order valence-corrected chi connectivity index (χ2v) is 6.16. The Morgan fingerprint density at radius 1 is 1.04 bits per heavy atom. The van der Waals surface area contributed by atoms with Gasteiger partial charge in [-0.2, -0.15) is 0 Å². The van der Waals surface area contributed by atoms with E-state index < -0.39 is 0 Å². The Hall–Kier alpha value is -3.15. The third-order valence-electron chi connectivity index (χ3n) is 3.67. The van der Waals surface area contributed by atoms with Crippen LogP contribution in [-0.4, -0.2) is 27.7 Å². The van der Waals surface area contributed by atoms with E-state index in [9.17, 15) is 9.59 Å². The fourth-order valence-electron chi connectivity index (χ4n) is 2.45. The first-order valence-electron chi connectivity index (χ1n) is 8.18. The lowest BCUT2D eigenvalue weighted by atomic mass is 10.2. The van der Waals surface area contributed by atoms with Crippen molar-refractivity contribution < 1.29 is 9.59 Å². The number of rotatable bonds is 5. The van der Waals surface area contributed by atoms with Crippen LogP contribution in [0.4, 0.5) is 5.69 Å². The molecule has 0 bridgehead atoms. The smallest absolute Gasteiger partial charge is 0.287 e. The average molecular weight is 336 g/mol. The molecule has 6 heteroatoms. The van der Waals surface area contributed by atoms with Crippen LogP contribution in [0.3, 0.4) is 0 Å². The molecule has 0 radical (unpaired) electrons. The summed E-state index contributed by atoms with van der Waals surface area (Å²) in [5, 5.41) is 5.64. The van der Waals surface area contributed by atoms with Crippen molar-refractivity contribution in [2.45, 2.75) is 13.8 Å². The van der Waals surface area contributed by atoms with Crippen LogP contribution in [0.15, 0.2) is 54.7 Å². The van der Waals surface area contributed by atoms with Crippen LogP contribution >= 0.6 is 0 Å². The maximum Gasteiger partial charge on any atom is 0.287 e. The highest BCUT2D eigenvalue weighted by molar-refractivity contribution is 6.08. The zero-order chi connectivity index (χ0) is 17.8. The predicted octanol–water partition coefficient (Wildman–Crippen LogP) is 2.97. The molecule has 1 aromatic carbocycles. The van der Waals surface area contributed by atoms with Crippen LogP contribution in [0, 0.1) is 5.92 Å². The van der Waals surface area contributed by atoms with Crippen LogP contribution in [0.2, 0.25) is 0 Å². The lowest BCUT2D eigenvalue weighted by Gasteiger charge is -2.06. The Bertz CT molecular complexity index is 900. The van der Waals surface area contributed by atoms with Gasteiger partial charge in [-0.1, -0.05) is 38.1 Å². The van der Waals surface area contributed by atoms with Crippen molar-refractivity contribution >= 4 is 23.0 Å². The van der Waals surface area contributed by atoms with Gasteiger partial charge in [0.15, 0.2) is 5.69 Å². The molecule has 128 valence electrons. The molecule has 2 heterocycles. The van der Waals surface area contributed by atoms with Crippen LogP contribution in [0.1, 0.15) is 35.0 Å². The lowest BCUT2D eigenvalue weighted by Crippen LogP contribution is -2.29. The second kappa shape index (κ2) is 7.17. The predicted molar refractivity (Wildman–Crippen MR) is 96.8 cm³/mol. The summed E-state index contributed by atoms with van der Waals surface area (Å²) in [6.45, 7) is 4.58. The van der Waals surface area contributed by atoms with Crippen LogP contribution in [0.25, 0.3) is 5.52 Å². The summed E-state index contributed by atoms with van der Waals surface area (Å²) < 4.78 is 1.63. The summed E-state index contributed by atoms with van der Waals surface area (Å²) in [6, 6.07) is 14.5. The standard InChI is InChI=1S/C19H20N4O2/c1-13(2)12-20-19(25)17-22-16(15-10-6-7-11-23(15)17)18(24)21-14-8-4-3-5-9-14/h3-11,13H,12H2,1-2H3,(H,20,25)(H,21,24). The topological polar surface area (TPSA) is 75.5 Å². The number of para-hydroxylation sites is 1. The van der Waals surface area contributed by atoms with Gasteiger partial charge >= 0.3 is 0 Å². The van der Waals surface area contributed by atoms with Crippen molar-refractivity contribution in [2.24, 2.45) is 5.92 Å². The number of pyridine rings is 1. The molecule has 3 rings (SSSR count). The highest BCUT2D eigenvalue weighted by Gasteiger charge is 2.21. The Kier molecular flexibility index (Phi) is 4.79. The van der Waals surface area contributed by atoms with Crippen LogP contribution < -0.4 is 10.6 Å². The number of fused-ring (bicyclic) bond motifs is 1. The van der Waals surface area contributed by atoms with E-state index in [1.54, 1.807) is 34.9 Å². The fourth-order valence-corrected chi connectivity index (χ4v) is 2.45. The molecule has 0 saturated heterocycles. The lowest BCUT2D eigenvalue weighted by molar-refractivity contribution is 0.0938. The van der Waals surface area contributed by atoms with E-state index in [-0.39, 0.29) is 23.3 Å². The molecule has 0 saturated carbocycles. The fraction of sp³-hybridized carbons (Fsp3) is 0.211. The summed E-state index contributed by atoms with van der Waals surface area (Å²) in [6.07, 6.45) is 1.73. The largest absolute Gasteiger partial charge is 0.349 e. The summed E-state index contributed by atoms with van der Waals surface area (Å²) in [7, 11) is 0. The molecule has 2 amide bonds. The number of nitrogens with one attached hydrogen (secondary N) is 2. The third kappa shape index (κ3) is 3.68. The van der Waals surface area contributed by atoms with E-state index in [0.29, 0.717) is 23.7 Å². The number of aromatic nitrogens is 2. The number of amides is 2. The minimum Gasteiger partial charge on any atom is -0.349 e. The molecule has 3 aromatic rings. The molecule has 0 spiro atoms. The Labute approximate surface area is 145 Å². The van der Waals surface area contributed by atoms with E-state index in [1.807, 2.05) is 38.1 Å². The normalized spacial score (nSPS) is 10.8. The van der Waals surface area contributed by atoms with Gasteiger partial charge in [0.25, 0.3) is 11.8 Å². The van der Waals surface area contributed by atoms with Crippen molar-refractivity contribution in [3.05, 3.63) is 66.2 Å². The molecule has 2 aromatic heterocycles. The minimum atomic E-state index is -0.349. The molecular weight excluding hydrogens is 316 g/mol. The van der Waals surface area contributed by atoms with Crippen LogP contribution in [0.5, 0.6) is 0 Å². The summed E-state index contributed by atoms with van der Waals surface area (Å²) in [4.78, 5) is 29.3. The Balaban J connectivity index is 1.93. The summed E-state index contributed by atoms with van der Waals surface area (Å²) >= 11 is 0. The van der Waals surface area contributed by atoms with Crippen LogP contribution in [-0.2, 0) is 0 Å². The van der Waals surface area contributed by atoms with Gasteiger partial charge in [-0.3, -0.25) is 14.0 Å². The van der Waals surface area contributed by atoms with E-state index in [0.717, 1.165) is 0 Å². The van der Waals surface area contributed by atoms with E-state index >= 15 is 0 Å². The molecule has 0 fully saturated rings. The zero-order valence-corrected chi connectivity index (χ0v) is 14.2. The second-order valence-electron chi connectivity index (χ2n) is 6.16. The van der Waals surface area contributed by atoms with Gasteiger partial charge in [-0.15, -0.1) is 0 Å². The molecule has 0 unspecified atom stereocenters. The number of carbonyl (C=O) groups is 2. The molecular formula is C19H20N4O2. The minimum absolute atomic E-state index is 0.203. The van der Waals surface area contributed by atoms with Gasteiger partial charge in [-0.05, 0) is 30.2 Å². The average Bonchev–Trinajstić information content (AvgIpc) is 3.00. The molecule has 0 atom stereocenters. The zero-order valence-electron chi connectivity index (χ0n) is 14.2. The van der Waals surface area contributed by atoms with Crippen molar-refractivity contribution in [1.82, 2.24) is 14.7 Å². The maximum atomic E-state index is 12.6. The van der Waals surface area contributed by atoms with Crippen molar-refractivity contribution in [2.75, 3.05) is 11.9 Å². The van der Waals surface area contributed by atoms with Crippen molar-refractivity contribution in [3.8, 4) is 0 Å². The molecule has 0 aliphatic heterocycles. The van der Waals surface area contributed by atoms with Crippen molar-refractivity contribution in [3.63, 3.8) is 0 Å². The first kappa shape index (κ1) is 16.7.